The van der Waals surface area contributed by atoms with Crippen LogP contribution in [0.25, 0.3) is 0 Å². The van der Waals surface area contributed by atoms with Crippen LogP contribution in [-0.2, 0) is 11.2 Å². The monoisotopic (exact) mass is 500 g/mol. The predicted octanol–water partition coefficient (Wildman–Crippen LogP) is 5.68. The van der Waals surface area contributed by atoms with Gasteiger partial charge in [-0.3, -0.25) is 19.7 Å². The molecule has 0 aromatic heterocycles. The van der Waals surface area contributed by atoms with Crippen molar-refractivity contribution in [3.05, 3.63) is 109 Å². The van der Waals surface area contributed by atoms with Crippen LogP contribution in [-0.4, -0.2) is 16.6 Å². The molecule has 1 atom stereocenters. The van der Waals surface area contributed by atoms with E-state index in [2.05, 4.69) is 21.2 Å². The number of nitrogens with zero attached hydrogens (tertiary/aromatic N) is 1. The first-order chi connectivity index (χ1) is 14.8. The molecule has 8 heteroatoms. The van der Waals surface area contributed by atoms with Gasteiger partial charge in [-0.25, -0.2) is 0 Å². The van der Waals surface area contributed by atoms with Crippen LogP contribution in [0.15, 0.2) is 77.3 Å². The molecule has 0 bridgehead atoms. The van der Waals surface area contributed by atoms with E-state index in [-0.39, 0.29) is 30.2 Å². The third-order valence-electron chi connectivity index (χ3n) is 4.65. The average Bonchev–Trinajstić information content (AvgIpc) is 2.74. The zero-order chi connectivity index (χ0) is 22.4. The van der Waals surface area contributed by atoms with Gasteiger partial charge in [0.2, 0.25) is 5.91 Å². The van der Waals surface area contributed by atoms with E-state index >= 15 is 0 Å². The minimum Gasteiger partial charge on any atom is -0.349 e. The molecular formula is C23H18BrClN2O4. The van der Waals surface area contributed by atoms with E-state index in [1.54, 1.807) is 60.7 Å². The Hall–Kier alpha value is -3.03. The number of hydrogen-bond acceptors (Lipinski definition) is 4. The van der Waals surface area contributed by atoms with Crippen LogP contribution in [0, 0.1) is 10.1 Å². The molecule has 0 aliphatic carbocycles. The maximum absolute atomic E-state index is 12.8. The van der Waals surface area contributed by atoms with E-state index < -0.39 is 11.0 Å². The fraction of sp³-hybridized carbons (Fsp3) is 0.130. The molecule has 3 aromatic carbocycles. The van der Waals surface area contributed by atoms with Crippen molar-refractivity contribution in [2.24, 2.45) is 0 Å². The normalized spacial score (nSPS) is 11.5. The summed E-state index contributed by atoms with van der Waals surface area (Å²) in [5, 5.41) is 14.2. The van der Waals surface area contributed by atoms with Gasteiger partial charge < -0.3 is 5.32 Å². The Morgan fingerprint density at radius 1 is 1.03 bits per heavy atom. The molecule has 0 heterocycles. The molecule has 1 amide bonds. The van der Waals surface area contributed by atoms with Gasteiger partial charge >= 0.3 is 0 Å². The maximum atomic E-state index is 12.8. The lowest BCUT2D eigenvalue weighted by Gasteiger charge is -2.19. The van der Waals surface area contributed by atoms with E-state index in [9.17, 15) is 19.7 Å². The van der Waals surface area contributed by atoms with Gasteiger partial charge in [0.25, 0.3) is 5.69 Å². The molecule has 0 saturated heterocycles. The van der Waals surface area contributed by atoms with E-state index in [1.807, 2.05) is 0 Å². The summed E-state index contributed by atoms with van der Waals surface area (Å²) in [6.45, 7) is 0. The number of ketones is 1. The number of rotatable bonds is 8. The SMILES string of the molecule is O=C(Cc1ccc([N+](=O)[O-])cc1)NC(CC(=O)c1ccc(Br)cc1)c1cccc(Cl)c1. The Bertz CT molecular complexity index is 1100. The minimum atomic E-state index is -0.569. The zero-order valence-corrected chi connectivity index (χ0v) is 18.6. The summed E-state index contributed by atoms with van der Waals surface area (Å²) in [6, 6.07) is 19.2. The maximum Gasteiger partial charge on any atom is 0.269 e. The largest absolute Gasteiger partial charge is 0.349 e. The van der Waals surface area contributed by atoms with Crippen LogP contribution >= 0.6 is 27.5 Å². The van der Waals surface area contributed by atoms with Crippen molar-refractivity contribution in [2.75, 3.05) is 0 Å². The molecule has 0 radical (unpaired) electrons. The lowest BCUT2D eigenvalue weighted by atomic mass is 9.97. The highest BCUT2D eigenvalue weighted by molar-refractivity contribution is 9.10. The molecule has 0 aliphatic heterocycles. The van der Waals surface area contributed by atoms with Crippen LogP contribution in [0.3, 0.4) is 0 Å². The van der Waals surface area contributed by atoms with Crippen LogP contribution < -0.4 is 5.32 Å². The fourth-order valence-corrected chi connectivity index (χ4v) is 3.54. The number of nitro groups is 1. The third kappa shape index (κ3) is 6.47. The summed E-state index contributed by atoms with van der Waals surface area (Å²) in [4.78, 5) is 35.8. The second kappa shape index (κ2) is 10.3. The molecule has 31 heavy (non-hydrogen) atoms. The van der Waals surface area contributed by atoms with Crippen LogP contribution in [0.2, 0.25) is 5.02 Å². The van der Waals surface area contributed by atoms with E-state index in [4.69, 9.17) is 11.6 Å². The van der Waals surface area contributed by atoms with Gasteiger partial charge in [0.05, 0.1) is 17.4 Å². The van der Waals surface area contributed by atoms with Crippen molar-refractivity contribution >= 4 is 44.9 Å². The van der Waals surface area contributed by atoms with Gasteiger partial charge in [0.15, 0.2) is 5.78 Å². The highest BCUT2D eigenvalue weighted by Crippen LogP contribution is 2.23. The Labute approximate surface area is 192 Å². The highest BCUT2D eigenvalue weighted by atomic mass is 79.9. The van der Waals surface area contributed by atoms with E-state index in [0.29, 0.717) is 16.1 Å². The number of nitrogens with one attached hydrogen (secondary N) is 1. The lowest BCUT2D eigenvalue weighted by molar-refractivity contribution is -0.384. The second-order valence-electron chi connectivity index (χ2n) is 6.91. The summed E-state index contributed by atoms with van der Waals surface area (Å²) in [5.74, 6) is -0.421. The quantitative estimate of drug-likeness (QED) is 0.244. The molecule has 158 valence electrons. The summed E-state index contributed by atoms with van der Waals surface area (Å²) in [7, 11) is 0. The molecule has 0 fully saturated rings. The number of nitro benzene ring substituents is 1. The molecule has 6 nitrogen and oxygen atoms in total. The summed E-state index contributed by atoms with van der Waals surface area (Å²) >= 11 is 9.46. The van der Waals surface area contributed by atoms with Gasteiger partial charge in [-0.2, -0.15) is 0 Å². The number of carbonyl (C=O) groups is 2. The number of halogens is 2. The van der Waals surface area contributed by atoms with E-state index in [1.165, 1.54) is 12.1 Å². The van der Waals surface area contributed by atoms with Gasteiger partial charge in [0, 0.05) is 33.6 Å². The van der Waals surface area contributed by atoms with Crippen molar-refractivity contribution < 1.29 is 14.5 Å². The van der Waals surface area contributed by atoms with Crippen molar-refractivity contribution in [3.63, 3.8) is 0 Å². The van der Waals surface area contributed by atoms with Crippen LogP contribution in [0.1, 0.15) is 33.9 Å². The molecular weight excluding hydrogens is 484 g/mol. The first-order valence-corrected chi connectivity index (χ1v) is 10.6. The number of Topliss-reactive ketones (excluding diaryl/α,β-unsaturated/α-hetero) is 1. The van der Waals surface area contributed by atoms with Crippen LogP contribution in [0.5, 0.6) is 0 Å². The molecule has 1 N–H and O–H groups in total. The zero-order valence-electron chi connectivity index (χ0n) is 16.3. The van der Waals surface area contributed by atoms with Crippen molar-refractivity contribution in [3.8, 4) is 0 Å². The summed E-state index contributed by atoms with van der Waals surface area (Å²) < 4.78 is 0.867. The molecule has 3 aromatic rings. The standard InChI is InChI=1S/C23H18BrClN2O4/c24-18-8-6-16(7-9-18)22(28)14-21(17-2-1-3-19(25)13-17)26-23(29)12-15-4-10-20(11-5-15)27(30)31/h1-11,13,21H,12,14H2,(H,26,29). The Morgan fingerprint density at radius 2 is 1.71 bits per heavy atom. The predicted molar refractivity (Wildman–Crippen MR) is 122 cm³/mol. The Balaban J connectivity index is 1.76. The van der Waals surface area contributed by atoms with Crippen molar-refractivity contribution in [1.82, 2.24) is 5.32 Å². The number of amides is 1. The molecule has 0 spiro atoms. The molecule has 0 aliphatic rings. The first kappa shape index (κ1) is 22.7. The second-order valence-corrected chi connectivity index (χ2v) is 8.26. The van der Waals surface area contributed by atoms with Gasteiger partial charge in [-0.05, 0) is 35.4 Å². The van der Waals surface area contributed by atoms with Gasteiger partial charge in [0.1, 0.15) is 0 Å². The van der Waals surface area contributed by atoms with Crippen molar-refractivity contribution in [1.29, 1.82) is 0 Å². The van der Waals surface area contributed by atoms with E-state index in [0.717, 1.165) is 10.0 Å². The van der Waals surface area contributed by atoms with Gasteiger partial charge in [-0.1, -0.05) is 63.9 Å². The topological polar surface area (TPSA) is 89.3 Å². The number of benzene rings is 3. The molecule has 0 saturated carbocycles. The highest BCUT2D eigenvalue weighted by Gasteiger charge is 2.20. The number of non-ortho nitro benzene ring substituents is 1. The number of carbonyl (C=O) groups excluding carboxylic acids is 2. The number of hydrogen-bond donors (Lipinski definition) is 1. The smallest absolute Gasteiger partial charge is 0.269 e. The van der Waals surface area contributed by atoms with Gasteiger partial charge in [-0.15, -0.1) is 0 Å². The minimum absolute atomic E-state index is 0.0293. The van der Waals surface area contributed by atoms with Crippen molar-refractivity contribution in [2.45, 2.75) is 18.9 Å². The fourth-order valence-electron chi connectivity index (χ4n) is 3.08. The lowest BCUT2D eigenvalue weighted by Crippen LogP contribution is -2.31. The molecule has 3 rings (SSSR count). The average molecular weight is 502 g/mol. The summed E-state index contributed by atoms with van der Waals surface area (Å²) in [5.41, 5.74) is 1.85. The Morgan fingerprint density at radius 3 is 2.32 bits per heavy atom. The summed E-state index contributed by atoms with van der Waals surface area (Å²) in [6.07, 6.45) is 0.0928. The van der Waals surface area contributed by atoms with Crippen LogP contribution in [0.4, 0.5) is 5.69 Å². The third-order valence-corrected chi connectivity index (χ3v) is 5.42. The Kier molecular flexibility index (Phi) is 7.55. The first-order valence-electron chi connectivity index (χ1n) is 9.39. The molecule has 1 unspecified atom stereocenters.